The summed E-state index contributed by atoms with van der Waals surface area (Å²) in [5.41, 5.74) is 3.97. The molecule has 0 aliphatic rings. The monoisotopic (exact) mass is 1110 g/mol. The fourth-order valence-electron chi connectivity index (χ4n) is 7.34. The summed E-state index contributed by atoms with van der Waals surface area (Å²) in [6.07, 6.45) is 3.72. The molecule has 10 rings (SSSR count). The molecule has 0 aliphatic carbocycles. The molecule has 2 aromatic heterocycles. The van der Waals surface area contributed by atoms with Gasteiger partial charge in [0.2, 0.25) is 0 Å². The minimum atomic E-state index is -0.309. The van der Waals surface area contributed by atoms with Gasteiger partial charge >= 0.3 is 21.1 Å². The maximum Gasteiger partial charge on any atom is 2.00 e. The molecule has 0 saturated carbocycles. The molecule has 328 valence electrons. The van der Waals surface area contributed by atoms with E-state index in [0.29, 0.717) is 10.3 Å². The van der Waals surface area contributed by atoms with Gasteiger partial charge < -0.3 is 25.3 Å². The van der Waals surface area contributed by atoms with Crippen LogP contribution in [0.5, 0.6) is 0 Å². The van der Waals surface area contributed by atoms with Crippen LogP contribution >= 0.6 is 15.8 Å². The van der Waals surface area contributed by atoms with Gasteiger partial charge in [-0.2, -0.15) is 10.2 Å². The third-order valence-electron chi connectivity index (χ3n) is 10.4. The molecule has 0 unspecified atom stereocenters. The van der Waals surface area contributed by atoms with Crippen molar-refractivity contribution >= 4 is 62.3 Å². The quantitative estimate of drug-likeness (QED) is 0.0897. The van der Waals surface area contributed by atoms with Crippen LogP contribution in [-0.2, 0) is 46.3 Å². The number of benzene rings is 8. The van der Waals surface area contributed by atoms with Gasteiger partial charge in [0.25, 0.3) is 0 Å². The predicted molar refractivity (Wildman–Crippen MR) is 277 cm³/mol. The Kier molecular flexibility index (Phi) is 18.2. The van der Waals surface area contributed by atoms with Gasteiger partial charge in [0, 0.05) is 32.8 Å². The van der Waals surface area contributed by atoms with Crippen LogP contribution in [0.25, 0.3) is 34.2 Å². The van der Waals surface area contributed by atoms with E-state index in [4.69, 9.17) is 25.3 Å². The molecule has 0 radical (unpaired) electrons. The Morgan fingerprint density at radius 3 is 0.833 bits per heavy atom. The summed E-state index contributed by atoms with van der Waals surface area (Å²) in [6.45, 7) is 0. The molecule has 0 spiro atoms. The van der Waals surface area contributed by atoms with Gasteiger partial charge in [-0.1, -0.05) is 218 Å². The van der Waals surface area contributed by atoms with E-state index < -0.39 is 0 Å². The third kappa shape index (κ3) is 12.7. The van der Waals surface area contributed by atoms with Crippen molar-refractivity contribution < 1.29 is 21.1 Å². The number of para-hydroxylation sites is 2. The number of hydrogen-bond donors (Lipinski definition) is 0. The molecule has 0 bridgehead atoms. The summed E-state index contributed by atoms with van der Waals surface area (Å²) in [7, 11) is -0.618. The molecule has 10 aromatic rings. The molecule has 0 atom stereocenters. The number of rotatable bonds is 12. The summed E-state index contributed by atoms with van der Waals surface area (Å²) in [5, 5.41) is 23.2. The van der Waals surface area contributed by atoms with Crippen molar-refractivity contribution in [3.8, 4) is 34.2 Å². The largest absolute Gasteiger partial charge is 2.00 e. The minimum Gasteiger partial charge on any atom is -0.740 e. The average molecular weight is 1110 g/mol. The predicted octanol–water partition coefficient (Wildman–Crippen LogP) is 11.3. The Hall–Kier alpha value is -5.97. The van der Waals surface area contributed by atoms with Gasteiger partial charge in [0.1, 0.15) is 0 Å². The van der Waals surface area contributed by atoms with Crippen molar-refractivity contribution in [2.75, 3.05) is 12.3 Å². The molecule has 0 saturated heterocycles. The SMILES string of the molecule is [Pt+2].[S-]c1nnc(-c2ccccc2)n1-c1ccccc1.[S-]c1nnc(-c2ccccc2)n1-c1ccccc1.c1ccc(P(CCCP(c2ccccc2)c2ccccc2)c2ccccc2)cc1. The zero-order valence-corrected chi connectivity index (χ0v) is 41.6. The van der Waals surface area contributed by atoms with E-state index in [2.05, 4.69) is 142 Å². The fourth-order valence-corrected chi connectivity index (χ4v) is 12.8. The van der Waals surface area contributed by atoms with Crippen LogP contribution in [0.1, 0.15) is 6.42 Å². The Bertz CT molecular complexity index is 2640. The normalized spacial score (nSPS) is 10.6. The van der Waals surface area contributed by atoms with Crippen molar-refractivity contribution in [3.63, 3.8) is 0 Å². The summed E-state index contributed by atoms with van der Waals surface area (Å²) < 4.78 is 3.76. The summed E-state index contributed by atoms with van der Waals surface area (Å²) >= 11 is 10.5. The molecule has 66 heavy (non-hydrogen) atoms. The van der Waals surface area contributed by atoms with Gasteiger partial charge in [-0.3, -0.25) is 9.13 Å². The maximum atomic E-state index is 5.24. The summed E-state index contributed by atoms with van der Waals surface area (Å²) in [4.78, 5) is 0. The number of aromatic nitrogens is 6. The van der Waals surface area contributed by atoms with Crippen molar-refractivity contribution in [1.82, 2.24) is 29.5 Å². The second kappa shape index (κ2) is 25.1. The fraction of sp³-hybridized carbons (Fsp3) is 0.0545. The molecule has 6 nitrogen and oxygen atoms in total. The maximum absolute atomic E-state index is 5.24. The van der Waals surface area contributed by atoms with Crippen LogP contribution in [0.4, 0.5) is 0 Å². The molecule has 11 heteroatoms. The summed E-state index contributed by atoms with van der Waals surface area (Å²) in [5.74, 6) is 1.54. The zero-order valence-electron chi connectivity index (χ0n) is 35.9. The standard InChI is InChI=1S/C27H26P2.2C14H11N3S.Pt/c1-5-14-24(15-6-1)28(25-16-7-2-8-17-25)22-13-23-29(26-18-9-3-10-19-26)27-20-11-4-12-21-27;2*18-14-16-15-13(11-7-3-1-4-8-11)17(14)12-9-5-2-6-10-12;/h1-12,14-21H,13,22-23H2;2*1-10H,(H,16,18);/q;;;+2/p-2. The Balaban J connectivity index is 0.000000153. The van der Waals surface area contributed by atoms with Crippen molar-refractivity contribution in [3.05, 3.63) is 243 Å². The van der Waals surface area contributed by atoms with Gasteiger partial charge in [0.15, 0.2) is 11.6 Å². The van der Waals surface area contributed by atoms with E-state index in [0.717, 1.165) is 34.2 Å². The second-order valence-electron chi connectivity index (χ2n) is 14.7. The second-order valence-corrected chi connectivity index (χ2v) is 20.1. The molecule has 0 N–H and O–H groups in total. The van der Waals surface area contributed by atoms with Gasteiger partial charge in [-0.05, 0) is 80.1 Å². The van der Waals surface area contributed by atoms with Crippen LogP contribution in [0.3, 0.4) is 0 Å². The van der Waals surface area contributed by atoms with Crippen molar-refractivity contribution in [2.24, 2.45) is 0 Å². The van der Waals surface area contributed by atoms with Gasteiger partial charge in [-0.25, -0.2) is 0 Å². The van der Waals surface area contributed by atoms with E-state index in [1.165, 1.54) is 40.0 Å². The van der Waals surface area contributed by atoms with Crippen LogP contribution in [0, 0.1) is 0 Å². The Morgan fingerprint density at radius 1 is 0.318 bits per heavy atom. The first-order chi connectivity index (χ1) is 32.1. The smallest absolute Gasteiger partial charge is 0.740 e. The van der Waals surface area contributed by atoms with Gasteiger partial charge in [0.05, 0.1) is 0 Å². The molecule has 0 amide bonds. The van der Waals surface area contributed by atoms with Crippen LogP contribution in [0.15, 0.2) is 253 Å². The molecule has 8 aromatic carbocycles. The molecular weight excluding hydrogens is 1070 g/mol. The molecule has 0 aliphatic heterocycles. The van der Waals surface area contributed by atoms with Crippen molar-refractivity contribution in [1.29, 1.82) is 0 Å². The first-order valence-corrected chi connectivity index (χ1v) is 25.2. The third-order valence-corrected chi connectivity index (χ3v) is 16.1. The molecular formula is C55H46N6P2PtS2. The number of hydrogen-bond acceptors (Lipinski definition) is 6. The van der Waals surface area contributed by atoms with Crippen LogP contribution in [0.2, 0.25) is 0 Å². The Labute approximate surface area is 415 Å². The summed E-state index contributed by atoms with van der Waals surface area (Å²) in [6, 6.07) is 83.9. The van der Waals surface area contributed by atoms with Crippen LogP contribution in [-0.4, -0.2) is 41.9 Å². The first kappa shape index (κ1) is 48.0. The molecule has 0 fully saturated rings. The van der Waals surface area contributed by atoms with E-state index >= 15 is 0 Å². The topological polar surface area (TPSA) is 61.4 Å². The van der Waals surface area contributed by atoms with E-state index in [-0.39, 0.29) is 36.9 Å². The number of nitrogens with zero attached hydrogens (tertiary/aromatic N) is 6. The zero-order chi connectivity index (χ0) is 44.5. The average Bonchev–Trinajstić information content (AvgIpc) is 3.98. The first-order valence-electron chi connectivity index (χ1n) is 21.4. The van der Waals surface area contributed by atoms with E-state index in [9.17, 15) is 0 Å². The van der Waals surface area contributed by atoms with Crippen molar-refractivity contribution in [2.45, 2.75) is 16.7 Å². The van der Waals surface area contributed by atoms with Crippen LogP contribution < -0.4 is 21.2 Å². The van der Waals surface area contributed by atoms with Gasteiger partial charge in [-0.15, -0.1) is 10.2 Å². The van der Waals surface area contributed by atoms with E-state index in [1.807, 2.05) is 130 Å². The molecule has 2 heterocycles. The Morgan fingerprint density at radius 2 is 0.561 bits per heavy atom. The van der Waals surface area contributed by atoms with E-state index in [1.54, 1.807) is 0 Å². The minimum absolute atomic E-state index is 0.